The molecular formula is C14H17NO4. The molecule has 0 aromatic heterocycles. The minimum Gasteiger partial charge on any atom is -0.508 e. The minimum absolute atomic E-state index is 0.133. The third-order valence-electron chi connectivity index (χ3n) is 3.18. The van der Waals surface area contributed by atoms with E-state index in [1.54, 1.807) is 12.1 Å². The SMILES string of the molecule is O=C(CC1CC1)N[C@H](Cc1ccc(O)cc1)C(=O)O. The van der Waals surface area contributed by atoms with Crippen LogP contribution in [0.1, 0.15) is 24.8 Å². The molecule has 0 bridgehead atoms. The van der Waals surface area contributed by atoms with Crippen LogP contribution in [0.15, 0.2) is 24.3 Å². The molecule has 0 unspecified atom stereocenters. The number of aromatic hydroxyl groups is 1. The Morgan fingerprint density at radius 2 is 1.89 bits per heavy atom. The van der Waals surface area contributed by atoms with Crippen LogP contribution in [0, 0.1) is 5.92 Å². The van der Waals surface area contributed by atoms with Gasteiger partial charge in [0.15, 0.2) is 0 Å². The maximum absolute atomic E-state index is 11.6. The number of nitrogens with one attached hydrogen (secondary N) is 1. The predicted octanol–water partition coefficient (Wildman–Crippen LogP) is 1.30. The van der Waals surface area contributed by atoms with Crippen LogP contribution in [0.25, 0.3) is 0 Å². The number of amides is 1. The summed E-state index contributed by atoms with van der Waals surface area (Å²) in [5, 5.41) is 20.8. The second-order valence-electron chi connectivity index (χ2n) is 4.98. The van der Waals surface area contributed by atoms with Gasteiger partial charge in [-0.15, -0.1) is 0 Å². The van der Waals surface area contributed by atoms with Crippen LogP contribution in [-0.4, -0.2) is 28.1 Å². The number of benzene rings is 1. The zero-order valence-corrected chi connectivity index (χ0v) is 10.5. The number of hydrogen-bond donors (Lipinski definition) is 3. The Labute approximate surface area is 111 Å². The van der Waals surface area contributed by atoms with Crippen molar-refractivity contribution >= 4 is 11.9 Å². The maximum atomic E-state index is 11.6. The van der Waals surface area contributed by atoms with E-state index in [0.717, 1.165) is 18.4 Å². The maximum Gasteiger partial charge on any atom is 0.326 e. The first-order chi connectivity index (χ1) is 9.04. The first-order valence-electron chi connectivity index (χ1n) is 6.34. The standard InChI is InChI=1S/C14H17NO4/c16-11-5-3-9(4-6-11)7-12(14(18)19)15-13(17)8-10-1-2-10/h3-6,10,12,16H,1-2,7-8H2,(H,15,17)(H,18,19)/t12-/m1/s1. The quantitative estimate of drug-likeness (QED) is 0.722. The molecule has 5 heteroatoms. The summed E-state index contributed by atoms with van der Waals surface area (Å²) >= 11 is 0. The molecule has 2 rings (SSSR count). The smallest absolute Gasteiger partial charge is 0.326 e. The second kappa shape index (κ2) is 5.73. The molecule has 0 aliphatic heterocycles. The number of phenolic OH excluding ortho intramolecular Hbond substituents is 1. The topological polar surface area (TPSA) is 86.6 Å². The predicted molar refractivity (Wildman–Crippen MR) is 68.7 cm³/mol. The fourth-order valence-corrected chi connectivity index (χ4v) is 1.91. The van der Waals surface area contributed by atoms with E-state index in [0.29, 0.717) is 12.3 Å². The molecule has 1 aliphatic carbocycles. The van der Waals surface area contributed by atoms with Crippen LogP contribution in [0.5, 0.6) is 5.75 Å². The zero-order chi connectivity index (χ0) is 13.8. The summed E-state index contributed by atoms with van der Waals surface area (Å²) in [5.41, 5.74) is 0.761. The van der Waals surface area contributed by atoms with E-state index in [9.17, 15) is 9.59 Å². The van der Waals surface area contributed by atoms with Crippen LogP contribution >= 0.6 is 0 Å². The molecule has 1 aromatic rings. The van der Waals surface area contributed by atoms with Crippen molar-refractivity contribution in [1.29, 1.82) is 0 Å². The van der Waals surface area contributed by atoms with Gasteiger partial charge in [0.2, 0.25) is 5.91 Å². The highest BCUT2D eigenvalue weighted by Crippen LogP contribution is 2.32. The second-order valence-corrected chi connectivity index (χ2v) is 4.98. The highest BCUT2D eigenvalue weighted by atomic mass is 16.4. The average Bonchev–Trinajstić information content (AvgIpc) is 3.14. The Balaban J connectivity index is 1.93. The van der Waals surface area contributed by atoms with Crippen LogP contribution in [0.2, 0.25) is 0 Å². The highest BCUT2D eigenvalue weighted by Gasteiger charge is 2.27. The van der Waals surface area contributed by atoms with Gasteiger partial charge in [-0.05, 0) is 36.5 Å². The van der Waals surface area contributed by atoms with Gasteiger partial charge in [-0.3, -0.25) is 4.79 Å². The van der Waals surface area contributed by atoms with E-state index in [2.05, 4.69) is 5.32 Å². The van der Waals surface area contributed by atoms with Crippen molar-refractivity contribution in [2.45, 2.75) is 31.7 Å². The molecule has 0 heterocycles. The van der Waals surface area contributed by atoms with E-state index < -0.39 is 12.0 Å². The van der Waals surface area contributed by atoms with E-state index in [-0.39, 0.29) is 18.1 Å². The van der Waals surface area contributed by atoms with Crippen molar-refractivity contribution < 1.29 is 19.8 Å². The van der Waals surface area contributed by atoms with Crippen molar-refractivity contribution in [3.8, 4) is 5.75 Å². The Bertz CT molecular complexity index is 465. The van der Waals surface area contributed by atoms with Crippen molar-refractivity contribution in [3.05, 3.63) is 29.8 Å². The van der Waals surface area contributed by atoms with Gasteiger partial charge in [-0.2, -0.15) is 0 Å². The molecule has 1 saturated carbocycles. The molecule has 0 saturated heterocycles. The molecule has 1 aliphatic rings. The van der Waals surface area contributed by atoms with Crippen LogP contribution in [-0.2, 0) is 16.0 Å². The van der Waals surface area contributed by atoms with Gasteiger partial charge in [0.05, 0.1) is 0 Å². The molecule has 1 amide bonds. The fourth-order valence-electron chi connectivity index (χ4n) is 1.91. The van der Waals surface area contributed by atoms with Gasteiger partial charge in [-0.1, -0.05) is 12.1 Å². The molecule has 5 nitrogen and oxygen atoms in total. The summed E-state index contributed by atoms with van der Waals surface area (Å²) in [7, 11) is 0. The van der Waals surface area contributed by atoms with E-state index in [1.165, 1.54) is 12.1 Å². The molecule has 0 spiro atoms. The number of carbonyl (C=O) groups excluding carboxylic acids is 1. The molecular weight excluding hydrogens is 246 g/mol. The van der Waals surface area contributed by atoms with Gasteiger partial charge in [-0.25, -0.2) is 4.79 Å². The Morgan fingerprint density at radius 1 is 1.26 bits per heavy atom. The normalized spacial score (nSPS) is 15.8. The fraction of sp³-hybridized carbons (Fsp3) is 0.429. The minimum atomic E-state index is -1.04. The Hall–Kier alpha value is -2.04. The molecule has 1 fully saturated rings. The van der Waals surface area contributed by atoms with Crippen molar-refractivity contribution in [1.82, 2.24) is 5.32 Å². The summed E-state index contributed by atoms with van der Waals surface area (Å²) in [6, 6.07) is 5.38. The van der Waals surface area contributed by atoms with Crippen molar-refractivity contribution in [3.63, 3.8) is 0 Å². The van der Waals surface area contributed by atoms with Crippen LogP contribution in [0.3, 0.4) is 0 Å². The lowest BCUT2D eigenvalue weighted by Gasteiger charge is -2.14. The number of aliphatic carboxylic acids is 1. The number of carboxylic acid groups (broad SMARTS) is 1. The first-order valence-corrected chi connectivity index (χ1v) is 6.34. The third-order valence-corrected chi connectivity index (χ3v) is 3.18. The summed E-state index contributed by atoms with van der Waals surface area (Å²) < 4.78 is 0. The molecule has 3 N–H and O–H groups in total. The molecule has 0 radical (unpaired) electrons. The Kier molecular flexibility index (Phi) is 4.04. The summed E-state index contributed by atoms with van der Waals surface area (Å²) in [4.78, 5) is 22.8. The molecule has 102 valence electrons. The van der Waals surface area contributed by atoms with E-state index >= 15 is 0 Å². The van der Waals surface area contributed by atoms with Crippen molar-refractivity contribution in [2.24, 2.45) is 5.92 Å². The van der Waals surface area contributed by atoms with Crippen LogP contribution < -0.4 is 5.32 Å². The van der Waals surface area contributed by atoms with Gasteiger partial charge in [0, 0.05) is 12.8 Å². The lowest BCUT2D eigenvalue weighted by Crippen LogP contribution is -2.42. The number of carboxylic acids is 1. The summed E-state index contributed by atoms with van der Waals surface area (Å²) in [6.45, 7) is 0. The molecule has 1 aromatic carbocycles. The lowest BCUT2D eigenvalue weighted by atomic mass is 10.1. The van der Waals surface area contributed by atoms with E-state index in [1.807, 2.05) is 0 Å². The van der Waals surface area contributed by atoms with Gasteiger partial charge < -0.3 is 15.5 Å². The third kappa shape index (κ3) is 4.28. The first kappa shape index (κ1) is 13.4. The van der Waals surface area contributed by atoms with E-state index in [4.69, 9.17) is 10.2 Å². The number of rotatable bonds is 6. The summed E-state index contributed by atoms with van der Waals surface area (Å²) in [6.07, 6.45) is 2.75. The van der Waals surface area contributed by atoms with Crippen LogP contribution in [0.4, 0.5) is 0 Å². The largest absolute Gasteiger partial charge is 0.508 e. The Morgan fingerprint density at radius 3 is 2.42 bits per heavy atom. The number of carbonyl (C=O) groups is 2. The van der Waals surface area contributed by atoms with Gasteiger partial charge in [0.1, 0.15) is 11.8 Å². The average molecular weight is 263 g/mol. The van der Waals surface area contributed by atoms with Gasteiger partial charge in [0.25, 0.3) is 0 Å². The lowest BCUT2D eigenvalue weighted by molar-refractivity contribution is -0.141. The zero-order valence-electron chi connectivity index (χ0n) is 10.5. The number of phenols is 1. The van der Waals surface area contributed by atoms with Crippen molar-refractivity contribution in [2.75, 3.05) is 0 Å². The molecule has 19 heavy (non-hydrogen) atoms. The summed E-state index contributed by atoms with van der Waals surface area (Å²) in [5.74, 6) is -0.678. The highest BCUT2D eigenvalue weighted by molar-refractivity contribution is 5.84. The molecule has 1 atom stereocenters. The number of hydrogen-bond acceptors (Lipinski definition) is 3. The van der Waals surface area contributed by atoms with Gasteiger partial charge >= 0.3 is 5.97 Å². The monoisotopic (exact) mass is 263 g/mol.